The average Bonchev–Trinajstić information content (AvgIpc) is 2.22. The highest BCUT2D eigenvalue weighted by molar-refractivity contribution is 5.75. The maximum atomic E-state index is 10.6. The van der Waals surface area contributed by atoms with Gasteiger partial charge in [0.25, 0.3) is 0 Å². The molecule has 0 aliphatic rings. The highest BCUT2D eigenvalue weighted by atomic mass is 16.1. The Hall–Kier alpha value is -1.18. The molecule has 2 heteroatoms. The van der Waals surface area contributed by atoms with Crippen molar-refractivity contribution in [3.63, 3.8) is 0 Å². The first kappa shape index (κ1) is 12.8. The van der Waals surface area contributed by atoms with E-state index < -0.39 is 0 Å². The van der Waals surface area contributed by atoms with Crippen LogP contribution in [0.5, 0.6) is 0 Å². The Morgan fingerprint density at radius 3 is 2.36 bits per heavy atom. The SMILES string of the molecule is CC.CC(=O)CCCc1ccncc1. The van der Waals surface area contributed by atoms with Gasteiger partial charge in [-0.2, -0.15) is 0 Å². The van der Waals surface area contributed by atoms with Crippen molar-refractivity contribution in [1.29, 1.82) is 0 Å². The lowest BCUT2D eigenvalue weighted by molar-refractivity contribution is -0.117. The molecule has 1 rings (SSSR count). The number of pyridine rings is 1. The summed E-state index contributed by atoms with van der Waals surface area (Å²) in [6, 6.07) is 3.97. The zero-order valence-corrected chi connectivity index (χ0v) is 9.29. The Morgan fingerprint density at radius 2 is 1.86 bits per heavy atom. The summed E-state index contributed by atoms with van der Waals surface area (Å²) in [4.78, 5) is 14.5. The van der Waals surface area contributed by atoms with Gasteiger partial charge in [-0.3, -0.25) is 4.98 Å². The number of carbonyl (C=O) groups is 1. The van der Waals surface area contributed by atoms with E-state index in [1.165, 1.54) is 5.56 Å². The van der Waals surface area contributed by atoms with E-state index in [0.29, 0.717) is 6.42 Å². The number of Topliss-reactive ketones (excluding diaryl/α,β-unsaturated/α-hetero) is 1. The van der Waals surface area contributed by atoms with Crippen LogP contribution in [0.2, 0.25) is 0 Å². The summed E-state index contributed by atoms with van der Waals surface area (Å²) >= 11 is 0. The van der Waals surface area contributed by atoms with Gasteiger partial charge in [-0.1, -0.05) is 13.8 Å². The van der Waals surface area contributed by atoms with Crippen LogP contribution in [-0.2, 0) is 11.2 Å². The van der Waals surface area contributed by atoms with E-state index in [4.69, 9.17) is 0 Å². The number of hydrogen-bond donors (Lipinski definition) is 0. The quantitative estimate of drug-likeness (QED) is 0.735. The van der Waals surface area contributed by atoms with E-state index in [9.17, 15) is 4.79 Å². The number of rotatable bonds is 4. The molecule has 14 heavy (non-hydrogen) atoms. The van der Waals surface area contributed by atoms with Crippen molar-refractivity contribution in [3.8, 4) is 0 Å². The Balaban J connectivity index is 0.000000791. The zero-order chi connectivity index (χ0) is 10.8. The van der Waals surface area contributed by atoms with Gasteiger partial charge in [0, 0.05) is 18.8 Å². The van der Waals surface area contributed by atoms with E-state index in [1.54, 1.807) is 19.3 Å². The first-order chi connectivity index (χ1) is 6.79. The molecule has 0 saturated heterocycles. The predicted octanol–water partition coefficient (Wildman–Crippen LogP) is 3.02. The second-order valence-electron chi connectivity index (χ2n) is 2.91. The zero-order valence-electron chi connectivity index (χ0n) is 9.29. The van der Waals surface area contributed by atoms with E-state index >= 15 is 0 Å². The lowest BCUT2D eigenvalue weighted by Gasteiger charge is -1.97. The summed E-state index contributed by atoms with van der Waals surface area (Å²) in [5.41, 5.74) is 1.26. The monoisotopic (exact) mass is 193 g/mol. The highest BCUT2D eigenvalue weighted by Gasteiger charge is 1.94. The molecule has 0 fully saturated rings. The maximum absolute atomic E-state index is 10.6. The van der Waals surface area contributed by atoms with Crippen LogP contribution < -0.4 is 0 Å². The third kappa shape index (κ3) is 6.35. The van der Waals surface area contributed by atoms with E-state index in [1.807, 2.05) is 26.0 Å². The van der Waals surface area contributed by atoms with Gasteiger partial charge < -0.3 is 4.79 Å². The second kappa shape index (κ2) is 8.42. The number of aromatic nitrogens is 1. The fourth-order valence-corrected chi connectivity index (χ4v) is 1.09. The molecule has 0 unspecified atom stereocenters. The minimum Gasteiger partial charge on any atom is -0.300 e. The summed E-state index contributed by atoms with van der Waals surface area (Å²) in [6.45, 7) is 5.63. The summed E-state index contributed by atoms with van der Waals surface area (Å²) in [5, 5.41) is 0. The van der Waals surface area contributed by atoms with Crippen molar-refractivity contribution < 1.29 is 4.79 Å². The topological polar surface area (TPSA) is 30.0 Å². The third-order valence-corrected chi connectivity index (χ3v) is 1.74. The van der Waals surface area contributed by atoms with Gasteiger partial charge in [-0.05, 0) is 37.5 Å². The van der Waals surface area contributed by atoms with Gasteiger partial charge in [0.2, 0.25) is 0 Å². The first-order valence-electron chi connectivity index (χ1n) is 5.17. The van der Waals surface area contributed by atoms with Crippen molar-refractivity contribution >= 4 is 5.78 Å². The molecule has 1 aromatic rings. The van der Waals surface area contributed by atoms with E-state index in [-0.39, 0.29) is 5.78 Å². The van der Waals surface area contributed by atoms with Crippen LogP contribution in [0.1, 0.15) is 39.2 Å². The Morgan fingerprint density at radius 1 is 1.29 bits per heavy atom. The van der Waals surface area contributed by atoms with Crippen molar-refractivity contribution in [1.82, 2.24) is 4.98 Å². The molecule has 0 aliphatic heterocycles. The molecule has 0 amide bonds. The fraction of sp³-hybridized carbons (Fsp3) is 0.500. The van der Waals surface area contributed by atoms with Crippen LogP contribution in [0.15, 0.2) is 24.5 Å². The molecule has 0 atom stereocenters. The smallest absolute Gasteiger partial charge is 0.129 e. The Kier molecular flexibility index (Phi) is 7.71. The molecule has 0 spiro atoms. The van der Waals surface area contributed by atoms with Crippen LogP contribution in [0.3, 0.4) is 0 Å². The standard InChI is InChI=1S/C10H13NO.C2H6/c1-9(12)3-2-4-10-5-7-11-8-6-10;1-2/h5-8H,2-4H2,1H3;1-2H3. The average molecular weight is 193 g/mol. The van der Waals surface area contributed by atoms with E-state index in [2.05, 4.69) is 4.98 Å². The van der Waals surface area contributed by atoms with Gasteiger partial charge in [0.1, 0.15) is 5.78 Å². The summed E-state index contributed by atoms with van der Waals surface area (Å²) in [5.74, 6) is 0.268. The third-order valence-electron chi connectivity index (χ3n) is 1.74. The molecule has 0 saturated carbocycles. The number of aryl methyl sites for hydroxylation is 1. The molecule has 0 radical (unpaired) electrons. The van der Waals surface area contributed by atoms with Gasteiger partial charge in [0.15, 0.2) is 0 Å². The molecule has 0 N–H and O–H groups in total. The number of hydrogen-bond acceptors (Lipinski definition) is 2. The van der Waals surface area contributed by atoms with Crippen LogP contribution in [0.4, 0.5) is 0 Å². The second-order valence-corrected chi connectivity index (χ2v) is 2.91. The van der Waals surface area contributed by atoms with Crippen LogP contribution >= 0.6 is 0 Å². The summed E-state index contributed by atoms with van der Waals surface area (Å²) in [6.07, 6.45) is 6.16. The van der Waals surface area contributed by atoms with Crippen LogP contribution in [0, 0.1) is 0 Å². The Labute approximate surface area is 86.4 Å². The first-order valence-corrected chi connectivity index (χ1v) is 5.17. The van der Waals surface area contributed by atoms with Crippen molar-refractivity contribution in [2.24, 2.45) is 0 Å². The molecule has 0 bridgehead atoms. The summed E-state index contributed by atoms with van der Waals surface area (Å²) in [7, 11) is 0. The molecular formula is C12H19NO. The highest BCUT2D eigenvalue weighted by Crippen LogP contribution is 2.03. The van der Waals surface area contributed by atoms with E-state index in [0.717, 1.165) is 12.8 Å². The van der Waals surface area contributed by atoms with Crippen molar-refractivity contribution in [2.75, 3.05) is 0 Å². The van der Waals surface area contributed by atoms with Gasteiger partial charge in [0.05, 0.1) is 0 Å². The predicted molar refractivity (Wildman–Crippen MR) is 59.2 cm³/mol. The molecular weight excluding hydrogens is 174 g/mol. The van der Waals surface area contributed by atoms with Crippen LogP contribution in [-0.4, -0.2) is 10.8 Å². The Bertz CT molecular complexity index is 244. The van der Waals surface area contributed by atoms with Crippen molar-refractivity contribution in [3.05, 3.63) is 30.1 Å². The minimum atomic E-state index is 0.268. The molecule has 1 aromatic heterocycles. The summed E-state index contributed by atoms with van der Waals surface area (Å²) < 4.78 is 0. The maximum Gasteiger partial charge on any atom is 0.129 e. The minimum absolute atomic E-state index is 0.268. The fourth-order valence-electron chi connectivity index (χ4n) is 1.09. The van der Waals surface area contributed by atoms with Gasteiger partial charge >= 0.3 is 0 Å². The number of ketones is 1. The molecule has 2 nitrogen and oxygen atoms in total. The normalized spacial score (nSPS) is 8.79. The molecule has 1 heterocycles. The largest absolute Gasteiger partial charge is 0.300 e. The van der Waals surface area contributed by atoms with Gasteiger partial charge in [-0.25, -0.2) is 0 Å². The lowest BCUT2D eigenvalue weighted by Crippen LogP contribution is -1.92. The lowest BCUT2D eigenvalue weighted by atomic mass is 10.1. The van der Waals surface area contributed by atoms with Crippen LogP contribution in [0.25, 0.3) is 0 Å². The molecule has 0 aromatic carbocycles. The number of nitrogens with zero attached hydrogens (tertiary/aromatic N) is 1. The van der Waals surface area contributed by atoms with Gasteiger partial charge in [-0.15, -0.1) is 0 Å². The molecule has 0 aliphatic carbocycles. The number of carbonyl (C=O) groups excluding carboxylic acids is 1. The van der Waals surface area contributed by atoms with Crippen molar-refractivity contribution in [2.45, 2.75) is 40.0 Å². The molecule has 78 valence electrons.